The number of hydrogen-bond donors (Lipinski definition) is 0. The second kappa shape index (κ2) is 7.66. The van der Waals surface area contributed by atoms with Gasteiger partial charge in [0.1, 0.15) is 0 Å². The highest BCUT2D eigenvalue weighted by Gasteiger charge is 2.41. The number of aliphatic imine (C=N–C) groups is 1. The van der Waals surface area contributed by atoms with Crippen molar-refractivity contribution < 1.29 is 14.3 Å². The van der Waals surface area contributed by atoms with Gasteiger partial charge in [0.25, 0.3) is 0 Å². The minimum absolute atomic E-state index is 0.00517. The van der Waals surface area contributed by atoms with Crippen molar-refractivity contribution in [2.75, 3.05) is 5.75 Å². The summed E-state index contributed by atoms with van der Waals surface area (Å²) >= 11 is 1.56. The van der Waals surface area contributed by atoms with Crippen LogP contribution in [0.4, 0.5) is 0 Å². The number of rotatable bonds is 4. The van der Waals surface area contributed by atoms with Crippen LogP contribution in [0.1, 0.15) is 51.3 Å². The fourth-order valence-electron chi connectivity index (χ4n) is 3.19. The Morgan fingerprint density at radius 2 is 2.04 bits per heavy atom. The average molecular weight is 372 g/mol. The number of esters is 1. The van der Waals surface area contributed by atoms with Gasteiger partial charge >= 0.3 is 5.97 Å². The molecule has 138 valence electrons. The summed E-state index contributed by atoms with van der Waals surface area (Å²) < 4.78 is 5.46. The van der Waals surface area contributed by atoms with Gasteiger partial charge in [0.2, 0.25) is 5.91 Å². The maximum atomic E-state index is 12.8. The summed E-state index contributed by atoms with van der Waals surface area (Å²) in [4.78, 5) is 31.7. The number of ether oxygens (including phenoxy) is 1. The predicted octanol–water partition coefficient (Wildman–Crippen LogP) is 3.85. The van der Waals surface area contributed by atoms with Crippen LogP contribution >= 0.6 is 11.8 Å². The van der Waals surface area contributed by atoms with Crippen LogP contribution in [-0.4, -0.2) is 33.8 Å². The summed E-state index contributed by atoms with van der Waals surface area (Å²) in [7, 11) is 0. The lowest BCUT2D eigenvalue weighted by Crippen LogP contribution is -2.46. The molecule has 0 aliphatic carbocycles. The zero-order chi connectivity index (χ0) is 18.8. The van der Waals surface area contributed by atoms with Crippen LogP contribution in [0.25, 0.3) is 0 Å². The molecule has 1 aromatic carbocycles. The molecule has 3 rings (SSSR count). The molecule has 0 saturated carbocycles. The zero-order valence-electron chi connectivity index (χ0n) is 15.6. The fourth-order valence-corrected chi connectivity index (χ4v) is 4.19. The Bertz CT molecular complexity index is 781. The average Bonchev–Trinajstić information content (AvgIpc) is 2.60. The summed E-state index contributed by atoms with van der Waals surface area (Å²) in [5, 5.41) is 0.671. The molecular weight excluding hydrogens is 348 g/mol. The third-order valence-corrected chi connectivity index (χ3v) is 5.43. The molecule has 2 heterocycles. The van der Waals surface area contributed by atoms with Crippen LogP contribution in [0, 0.1) is 0 Å². The predicted molar refractivity (Wildman–Crippen MR) is 104 cm³/mol. The molecule has 0 N–H and O–H groups in total. The molecule has 1 atom stereocenters. The molecule has 2 aliphatic rings. The van der Waals surface area contributed by atoms with Crippen molar-refractivity contribution >= 4 is 28.8 Å². The van der Waals surface area contributed by atoms with Crippen LogP contribution in [0.2, 0.25) is 0 Å². The number of nitrogens with zero attached hydrogens (tertiary/aromatic N) is 2. The SMILES string of the molecule is CCc1ccc([C@H]2C(C(=O)OC(C)C)=C(C)N=C3SCCC(=O)N32)cc1. The van der Waals surface area contributed by atoms with E-state index in [1.807, 2.05) is 45.0 Å². The van der Waals surface area contributed by atoms with Gasteiger partial charge in [-0.25, -0.2) is 9.79 Å². The number of aryl methyl sites for hydroxylation is 1. The molecule has 6 heteroatoms. The summed E-state index contributed by atoms with van der Waals surface area (Å²) in [6.45, 7) is 7.55. The second-order valence-corrected chi connectivity index (χ2v) is 7.77. The minimum atomic E-state index is -0.486. The number of benzene rings is 1. The summed E-state index contributed by atoms with van der Waals surface area (Å²) in [5.41, 5.74) is 3.18. The van der Waals surface area contributed by atoms with Crippen molar-refractivity contribution in [3.63, 3.8) is 0 Å². The Morgan fingerprint density at radius 1 is 1.35 bits per heavy atom. The first-order chi connectivity index (χ1) is 12.4. The molecule has 0 radical (unpaired) electrons. The lowest BCUT2D eigenvalue weighted by atomic mass is 9.93. The van der Waals surface area contributed by atoms with E-state index in [0.29, 0.717) is 28.6 Å². The molecule has 1 fully saturated rings. The van der Waals surface area contributed by atoms with Gasteiger partial charge < -0.3 is 4.74 Å². The van der Waals surface area contributed by atoms with Gasteiger partial charge in [0.05, 0.1) is 23.4 Å². The second-order valence-electron chi connectivity index (χ2n) is 6.71. The van der Waals surface area contributed by atoms with Crippen LogP contribution in [0.5, 0.6) is 0 Å². The van der Waals surface area contributed by atoms with Crippen molar-refractivity contribution in [3.8, 4) is 0 Å². The number of allylic oxidation sites excluding steroid dienone is 1. The van der Waals surface area contributed by atoms with Crippen LogP contribution in [0.15, 0.2) is 40.5 Å². The number of thioether (sulfide) groups is 1. The van der Waals surface area contributed by atoms with E-state index in [0.717, 1.165) is 12.0 Å². The van der Waals surface area contributed by atoms with Crippen molar-refractivity contribution in [2.24, 2.45) is 4.99 Å². The molecular formula is C20H24N2O3S. The van der Waals surface area contributed by atoms with E-state index in [9.17, 15) is 9.59 Å². The third-order valence-electron chi connectivity index (χ3n) is 4.47. The molecule has 1 aromatic rings. The van der Waals surface area contributed by atoms with Gasteiger partial charge in [-0.1, -0.05) is 43.0 Å². The number of fused-ring (bicyclic) bond motifs is 1. The van der Waals surface area contributed by atoms with E-state index in [-0.39, 0.29) is 12.0 Å². The molecule has 26 heavy (non-hydrogen) atoms. The molecule has 0 unspecified atom stereocenters. The highest BCUT2D eigenvalue weighted by molar-refractivity contribution is 8.14. The Kier molecular flexibility index (Phi) is 5.51. The van der Waals surface area contributed by atoms with Gasteiger partial charge in [-0.15, -0.1) is 0 Å². The quantitative estimate of drug-likeness (QED) is 0.753. The van der Waals surface area contributed by atoms with Crippen molar-refractivity contribution in [1.29, 1.82) is 0 Å². The van der Waals surface area contributed by atoms with Crippen LogP contribution < -0.4 is 0 Å². The number of hydrogen-bond acceptors (Lipinski definition) is 5. The minimum Gasteiger partial charge on any atom is -0.459 e. The maximum absolute atomic E-state index is 12.8. The number of amidine groups is 1. The highest BCUT2D eigenvalue weighted by Crippen LogP contribution is 2.40. The van der Waals surface area contributed by atoms with Crippen molar-refractivity contribution in [3.05, 3.63) is 46.7 Å². The van der Waals surface area contributed by atoms with E-state index < -0.39 is 12.0 Å². The monoisotopic (exact) mass is 372 g/mol. The van der Waals surface area contributed by atoms with E-state index in [2.05, 4.69) is 11.9 Å². The largest absolute Gasteiger partial charge is 0.459 e. The lowest BCUT2D eigenvalue weighted by molar-refractivity contribution is -0.143. The van der Waals surface area contributed by atoms with Gasteiger partial charge in [0.15, 0.2) is 5.17 Å². The first-order valence-corrected chi connectivity index (χ1v) is 9.95. The van der Waals surface area contributed by atoms with Gasteiger partial charge in [-0.05, 0) is 38.3 Å². The van der Waals surface area contributed by atoms with Crippen LogP contribution in [-0.2, 0) is 20.7 Å². The van der Waals surface area contributed by atoms with Gasteiger partial charge in [-0.2, -0.15) is 0 Å². The van der Waals surface area contributed by atoms with E-state index in [4.69, 9.17) is 4.74 Å². The fraction of sp³-hybridized carbons (Fsp3) is 0.450. The molecule has 1 amide bonds. The number of carbonyl (C=O) groups excluding carboxylic acids is 2. The van der Waals surface area contributed by atoms with Crippen molar-refractivity contribution in [2.45, 2.75) is 52.7 Å². The summed E-state index contributed by atoms with van der Waals surface area (Å²) in [5.74, 6) is 0.303. The Hall–Kier alpha value is -2.08. The molecule has 1 saturated heterocycles. The van der Waals surface area contributed by atoms with E-state index in [1.54, 1.807) is 16.7 Å². The molecule has 0 spiro atoms. The highest BCUT2D eigenvalue weighted by atomic mass is 32.2. The summed E-state index contributed by atoms with van der Waals surface area (Å²) in [6.07, 6.45) is 1.15. The standard InChI is InChI=1S/C20H24N2O3S/c1-5-14-6-8-15(9-7-14)18-17(19(24)25-12(2)3)13(4)21-20-22(18)16(23)10-11-26-20/h6-9,12,18H,5,10-11H2,1-4H3/t18-/m0/s1. The third kappa shape index (κ3) is 3.56. The molecule has 0 aromatic heterocycles. The first kappa shape index (κ1) is 18.7. The van der Waals surface area contributed by atoms with Crippen LogP contribution in [0.3, 0.4) is 0 Å². The maximum Gasteiger partial charge on any atom is 0.338 e. The van der Waals surface area contributed by atoms with Crippen molar-refractivity contribution in [1.82, 2.24) is 4.90 Å². The topological polar surface area (TPSA) is 59.0 Å². The smallest absolute Gasteiger partial charge is 0.338 e. The molecule has 0 bridgehead atoms. The van der Waals surface area contributed by atoms with E-state index in [1.165, 1.54) is 5.56 Å². The normalized spacial score (nSPS) is 20.2. The zero-order valence-corrected chi connectivity index (χ0v) is 16.4. The first-order valence-electron chi connectivity index (χ1n) is 8.96. The Balaban J connectivity index is 2.11. The molecule has 5 nitrogen and oxygen atoms in total. The van der Waals surface area contributed by atoms with Gasteiger partial charge in [-0.3, -0.25) is 9.69 Å². The van der Waals surface area contributed by atoms with Gasteiger partial charge in [0, 0.05) is 12.2 Å². The molecule has 2 aliphatic heterocycles. The number of carbonyl (C=O) groups is 2. The number of amides is 1. The Morgan fingerprint density at radius 3 is 2.65 bits per heavy atom. The lowest BCUT2D eigenvalue weighted by Gasteiger charge is -2.39. The summed E-state index contributed by atoms with van der Waals surface area (Å²) in [6, 6.07) is 7.59. The van der Waals surface area contributed by atoms with E-state index >= 15 is 0 Å². The Labute approximate surface area is 158 Å².